The monoisotopic (exact) mass is 300 g/mol. The van der Waals surface area contributed by atoms with Crippen LogP contribution in [0.2, 0.25) is 0 Å². The number of rotatable bonds is 4. The number of aliphatic hydroxyl groups is 1. The van der Waals surface area contributed by atoms with Crippen LogP contribution in [0.4, 0.5) is 0 Å². The summed E-state index contributed by atoms with van der Waals surface area (Å²) < 4.78 is 5.87. The van der Waals surface area contributed by atoms with Crippen molar-refractivity contribution in [3.8, 4) is 5.75 Å². The van der Waals surface area contributed by atoms with Crippen molar-refractivity contribution >= 4 is 10.8 Å². The molecule has 1 N–H and O–H groups in total. The molecule has 0 bridgehead atoms. The second-order valence-electron chi connectivity index (χ2n) is 7.23. The molecule has 0 aliphatic carbocycles. The minimum absolute atomic E-state index is 0.0508. The van der Waals surface area contributed by atoms with Crippen molar-refractivity contribution in [3.63, 3.8) is 0 Å². The van der Waals surface area contributed by atoms with Crippen LogP contribution in [0, 0.1) is 7.05 Å². The molecular weight excluding hydrogens is 274 g/mol. The highest BCUT2D eigenvalue weighted by Gasteiger charge is 2.48. The SMILES string of the molecule is [CH][N+](C)(C(C)(C)C)C(C)(O)COc1cccc2ccccc12. The molecule has 3 nitrogen and oxygen atoms in total. The summed E-state index contributed by atoms with van der Waals surface area (Å²) in [6.45, 7) is 7.83. The van der Waals surface area contributed by atoms with Gasteiger partial charge in [-0.3, -0.25) is 4.48 Å². The van der Waals surface area contributed by atoms with E-state index in [2.05, 4.69) is 0 Å². The normalized spacial score (nSPS) is 15.6. The first-order valence-electron chi connectivity index (χ1n) is 7.54. The lowest BCUT2D eigenvalue weighted by Crippen LogP contribution is -2.67. The van der Waals surface area contributed by atoms with E-state index in [1.165, 1.54) is 0 Å². The third-order valence-corrected chi connectivity index (χ3v) is 4.64. The molecule has 0 spiro atoms. The van der Waals surface area contributed by atoms with Gasteiger partial charge in [0.1, 0.15) is 5.75 Å². The van der Waals surface area contributed by atoms with E-state index in [4.69, 9.17) is 11.8 Å². The number of fused-ring (bicyclic) bond motifs is 1. The highest BCUT2D eigenvalue weighted by Crippen LogP contribution is 2.32. The van der Waals surface area contributed by atoms with Gasteiger partial charge >= 0.3 is 0 Å². The summed E-state index contributed by atoms with van der Waals surface area (Å²) in [5.41, 5.74) is -1.53. The molecule has 0 amide bonds. The Morgan fingerprint density at radius 3 is 2.27 bits per heavy atom. The van der Waals surface area contributed by atoms with E-state index in [0.29, 0.717) is 0 Å². The number of quaternary nitrogens is 1. The fraction of sp³-hybridized carbons (Fsp3) is 0.421. The summed E-state index contributed by atoms with van der Waals surface area (Å²) in [4.78, 5) is 0. The van der Waals surface area contributed by atoms with Crippen molar-refractivity contribution in [2.45, 2.75) is 39.0 Å². The summed E-state index contributed by atoms with van der Waals surface area (Å²) in [5.74, 6) is 0.757. The number of ether oxygens (including phenoxy) is 1. The van der Waals surface area contributed by atoms with Gasteiger partial charge in [0, 0.05) is 12.3 Å². The summed E-state index contributed by atoms with van der Waals surface area (Å²) in [7, 11) is 8.17. The molecule has 0 aromatic heterocycles. The van der Waals surface area contributed by atoms with Gasteiger partial charge in [0.2, 0.25) is 12.8 Å². The Kier molecular flexibility index (Phi) is 4.24. The maximum atomic E-state index is 10.8. The largest absolute Gasteiger partial charge is 0.484 e. The predicted octanol–water partition coefficient (Wildman–Crippen LogP) is 3.84. The average Bonchev–Trinajstić information content (AvgIpc) is 2.43. The zero-order chi connectivity index (χ0) is 16.6. The van der Waals surface area contributed by atoms with E-state index in [1.54, 1.807) is 6.92 Å². The summed E-state index contributed by atoms with van der Waals surface area (Å²) in [5, 5.41) is 13.0. The van der Waals surface area contributed by atoms with Gasteiger partial charge in [-0.15, -0.1) is 0 Å². The van der Waals surface area contributed by atoms with Crippen molar-refractivity contribution in [2.75, 3.05) is 13.7 Å². The maximum Gasteiger partial charge on any atom is 0.233 e. The fourth-order valence-electron chi connectivity index (χ4n) is 2.39. The van der Waals surface area contributed by atoms with Crippen LogP contribution in [0.15, 0.2) is 42.5 Å². The van der Waals surface area contributed by atoms with Crippen LogP contribution < -0.4 is 4.74 Å². The molecular formula is C19H26NO2+. The Balaban J connectivity index is 2.25. The van der Waals surface area contributed by atoms with Crippen molar-refractivity contribution in [3.05, 3.63) is 49.5 Å². The zero-order valence-electron chi connectivity index (χ0n) is 14.1. The smallest absolute Gasteiger partial charge is 0.233 e. The van der Waals surface area contributed by atoms with E-state index >= 15 is 0 Å². The minimum Gasteiger partial charge on any atom is -0.484 e. The Morgan fingerprint density at radius 2 is 1.64 bits per heavy atom. The van der Waals surface area contributed by atoms with Crippen molar-refractivity contribution in [1.29, 1.82) is 0 Å². The minimum atomic E-state index is -1.21. The molecule has 0 aliphatic rings. The highest BCUT2D eigenvalue weighted by atomic mass is 16.5. The lowest BCUT2D eigenvalue weighted by Gasteiger charge is -2.49. The molecule has 2 rings (SSSR count). The van der Waals surface area contributed by atoms with Crippen LogP contribution in [0.5, 0.6) is 5.75 Å². The maximum absolute atomic E-state index is 10.8. The Morgan fingerprint density at radius 1 is 1.05 bits per heavy atom. The standard InChI is InChI=1S/C19H26NO2/c1-18(2,3)20(5,6)19(4,21)14-22-17-13-9-11-15-10-7-8-12-16(15)17/h5,7-13,21H,14H2,1-4,6H3/q+1. The molecule has 3 heteroatoms. The number of benzene rings is 2. The van der Waals surface area contributed by atoms with E-state index in [9.17, 15) is 5.11 Å². The average molecular weight is 300 g/mol. The molecule has 2 radical (unpaired) electrons. The molecule has 2 unspecified atom stereocenters. The van der Waals surface area contributed by atoms with Crippen LogP contribution in [0.3, 0.4) is 0 Å². The molecule has 0 heterocycles. The number of hydrogen-bond acceptors (Lipinski definition) is 2. The van der Waals surface area contributed by atoms with Crippen molar-refractivity contribution in [1.82, 2.24) is 0 Å². The predicted molar refractivity (Wildman–Crippen MR) is 90.3 cm³/mol. The highest BCUT2D eigenvalue weighted by molar-refractivity contribution is 5.88. The first-order chi connectivity index (χ1) is 10.1. The van der Waals surface area contributed by atoms with Crippen LogP contribution in [-0.2, 0) is 0 Å². The Hall–Kier alpha value is -1.58. The van der Waals surface area contributed by atoms with Crippen molar-refractivity contribution < 1.29 is 14.3 Å². The second kappa shape index (κ2) is 5.56. The summed E-state index contributed by atoms with van der Waals surface area (Å²) in [6.07, 6.45) is 0. The van der Waals surface area contributed by atoms with Crippen LogP contribution in [-0.4, -0.2) is 34.5 Å². The van der Waals surface area contributed by atoms with Crippen LogP contribution >= 0.6 is 0 Å². The summed E-state index contributed by atoms with van der Waals surface area (Å²) in [6, 6.07) is 13.9. The van der Waals surface area contributed by atoms with Crippen LogP contribution in [0.1, 0.15) is 27.7 Å². The number of nitrogens with zero attached hydrogens (tertiary/aromatic N) is 1. The second-order valence-corrected chi connectivity index (χ2v) is 7.23. The summed E-state index contributed by atoms with van der Waals surface area (Å²) >= 11 is 0. The topological polar surface area (TPSA) is 29.5 Å². The zero-order valence-corrected chi connectivity index (χ0v) is 14.1. The fourth-order valence-corrected chi connectivity index (χ4v) is 2.39. The number of likely N-dealkylation sites (N-methyl/N-ethyl adjacent to an activating group) is 1. The molecule has 2 aromatic rings. The Labute approximate surface area is 133 Å². The van der Waals surface area contributed by atoms with Gasteiger partial charge in [-0.05, 0) is 32.2 Å². The van der Waals surface area contributed by atoms with E-state index < -0.39 is 5.72 Å². The Bertz CT molecular complexity index is 649. The molecule has 2 aromatic carbocycles. The van der Waals surface area contributed by atoms with E-state index in [0.717, 1.165) is 16.5 Å². The molecule has 2 atom stereocenters. The molecule has 22 heavy (non-hydrogen) atoms. The number of hydrogen-bond donors (Lipinski definition) is 1. The first-order valence-corrected chi connectivity index (χ1v) is 7.54. The van der Waals surface area contributed by atoms with E-state index in [-0.39, 0.29) is 16.6 Å². The van der Waals surface area contributed by atoms with Gasteiger partial charge < -0.3 is 9.84 Å². The van der Waals surface area contributed by atoms with Crippen LogP contribution in [0.25, 0.3) is 10.8 Å². The third kappa shape index (κ3) is 2.96. The molecule has 118 valence electrons. The third-order valence-electron chi connectivity index (χ3n) is 4.64. The van der Waals surface area contributed by atoms with Crippen molar-refractivity contribution in [2.24, 2.45) is 0 Å². The first kappa shape index (κ1) is 16.8. The van der Waals surface area contributed by atoms with Gasteiger partial charge in [-0.2, -0.15) is 0 Å². The molecule has 0 saturated heterocycles. The quantitative estimate of drug-likeness (QED) is 0.686. The lowest BCUT2D eigenvalue weighted by molar-refractivity contribution is -0.983. The van der Waals surface area contributed by atoms with Gasteiger partial charge in [-0.25, -0.2) is 0 Å². The van der Waals surface area contributed by atoms with Gasteiger partial charge in [0.15, 0.2) is 6.61 Å². The van der Waals surface area contributed by atoms with Gasteiger partial charge in [-0.1, -0.05) is 36.4 Å². The lowest BCUT2D eigenvalue weighted by atomic mass is 9.98. The van der Waals surface area contributed by atoms with E-state index in [1.807, 2.05) is 70.3 Å². The molecule has 0 aliphatic heterocycles. The van der Waals surface area contributed by atoms with Gasteiger partial charge in [0.25, 0.3) is 0 Å². The van der Waals surface area contributed by atoms with Gasteiger partial charge in [0.05, 0.1) is 12.6 Å². The molecule has 0 saturated carbocycles. The molecule has 0 fully saturated rings.